The summed E-state index contributed by atoms with van der Waals surface area (Å²) in [5.41, 5.74) is 8.05. The second-order valence-corrected chi connectivity index (χ2v) is 9.32. The van der Waals surface area contributed by atoms with Gasteiger partial charge in [0.15, 0.2) is 0 Å². The van der Waals surface area contributed by atoms with Crippen molar-refractivity contribution in [3.05, 3.63) is 99.0 Å². The van der Waals surface area contributed by atoms with Crippen LogP contribution in [0.3, 0.4) is 0 Å². The van der Waals surface area contributed by atoms with E-state index in [9.17, 15) is 14.4 Å². The summed E-state index contributed by atoms with van der Waals surface area (Å²) in [5.74, 6) is -1.37. The Kier molecular flexibility index (Phi) is 7.39. The number of hydrogen-bond donors (Lipinski definition) is 0. The van der Waals surface area contributed by atoms with E-state index in [4.69, 9.17) is 9.47 Å². The fourth-order valence-electron chi connectivity index (χ4n) is 5.04. The number of para-hydroxylation sites is 1. The van der Waals surface area contributed by atoms with E-state index < -0.39 is 11.9 Å². The van der Waals surface area contributed by atoms with Gasteiger partial charge >= 0.3 is 11.9 Å². The predicted molar refractivity (Wildman–Crippen MR) is 147 cm³/mol. The zero-order valence-corrected chi connectivity index (χ0v) is 22.8. The Balaban J connectivity index is 1.81. The molecule has 196 valence electrons. The molecule has 4 rings (SSSR count). The molecule has 0 unspecified atom stereocenters. The molecule has 0 saturated heterocycles. The smallest absolute Gasteiger partial charge is 0.340 e. The number of hydrogen-bond acceptors (Lipinski definition) is 5. The van der Waals surface area contributed by atoms with E-state index >= 15 is 0 Å². The Morgan fingerprint density at radius 3 is 2.13 bits per heavy atom. The molecule has 38 heavy (non-hydrogen) atoms. The van der Waals surface area contributed by atoms with Crippen LogP contribution in [0.4, 0.5) is 5.69 Å². The molecular formula is C31H32N2O5. The molecule has 2 aromatic carbocycles. The molecule has 0 radical (unpaired) electrons. The van der Waals surface area contributed by atoms with Crippen molar-refractivity contribution in [2.24, 2.45) is 0 Å². The van der Waals surface area contributed by atoms with E-state index in [0.29, 0.717) is 16.9 Å². The van der Waals surface area contributed by atoms with E-state index in [-0.39, 0.29) is 23.7 Å². The minimum atomic E-state index is -0.587. The van der Waals surface area contributed by atoms with Crippen molar-refractivity contribution in [2.75, 3.05) is 18.6 Å². The lowest BCUT2D eigenvalue weighted by Gasteiger charge is -2.18. The van der Waals surface area contributed by atoms with Crippen molar-refractivity contribution in [3.63, 3.8) is 0 Å². The summed E-state index contributed by atoms with van der Waals surface area (Å²) in [6.07, 6.45) is 1.76. The first-order valence-corrected chi connectivity index (χ1v) is 12.5. The number of amides is 1. The summed E-state index contributed by atoms with van der Waals surface area (Å²) in [6, 6.07) is 14.7. The zero-order valence-electron chi connectivity index (χ0n) is 22.8. The first kappa shape index (κ1) is 26.7. The molecule has 0 N–H and O–H groups in total. The van der Waals surface area contributed by atoms with Gasteiger partial charge in [0, 0.05) is 22.8 Å². The highest BCUT2D eigenvalue weighted by Crippen LogP contribution is 2.37. The van der Waals surface area contributed by atoms with Gasteiger partial charge in [0.1, 0.15) is 0 Å². The fraction of sp³-hybridized carbons (Fsp3) is 0.258. The van der Waals surface area contributed by atoms with Crippen molar-refractivity contribution < 1.29 is 23.9 Å². The molecule has 1 aliphatic heterocycles. The largest absolute Gasteiger partial charge is 0.465 e. The average molecular weight is 513 g/mol. The summed E-state index contributed by atoms with van der Waals surface area (Å²) in [5, 5.41) is 0. The van der Waals surface area contributed by atoms with Gasteiger partial charge in [-0.3, -0.25) is 9.69 Å². The molecule has 0 saturated carbocycles. The van der Waals surface area contributed by atoms with Crippen LogP contribution in [-0.4, -0.2) is 36.1 Å². The summed E-state index contributed by atoms with van der Waals surface area (Å²) < 4.78 is 12.3. The Morgan fingerprint density at radius 2 is 1.55 bits per heavy atom. The third kappa shape index (κ3) is 4.56. The van der Waals surface area contributed by atoms with Gasteiger partial charge in [0.05, 0.1) is 36.1 Å². The molecule has 7 heteroatoms. The molecule has 3 aromatic rings. The van der Waals surface area contributed by atoms with Gasteiger partial charge in [-0.05, 0) is 94.6 Å². The number of methoxy groups -OCH3 is 1. The molecule has 0 bridgehead atoms. The van der Waals surface area contributed by atoms with Crippen molar-refractivity contribution in [1.29, 1.82) is 0 Å². The highest BCUT2D eigenvalue weighted by atomic mass is 16.5. The summed E-state index contributed by atoms with van der Waals surface area (Å²) in [7, 11) is 1.30. The van der Waals surface area contributed by atoms with Gasteiger partial charge in [-0.2, -0.15) is 0 Å². The lowest BCUT2D eigenvalue weighted by molar-refractivity contribution is -0.136. The van der Waals surface area contributed by atoms with Crippen molar-refractivity contribution in [2.45, 2.75) is 41.5 Å². The zero-order chi connectivity index (χ0) is 27.7. The Bertz CT molecular complexity index is 1490. The topological polar surface area (TPSA) is 77.8 Å². The summed E-state index contributed by atoms with van der Waals surface area (Å²) in [4.78, 5) is 40.2. The number of nitrogens with zero attached hydrogens (tertiary/aromatic N) is 2. The second-order valence-electron chi connectivity index (χ2n) is 9.32. The van der Waals surface area contributed by atoms with Crippen LogP contribution in [0.5, 0.6) is 0 Å². The highest BCUT2D eigenvalue weighted by molar-refractivity contribution is 6.24. The van der Waals surface area contributed by atoms with E-state index in [1.165, 1.54) is 12.0 Å². The van der Waals surface area contributed by atoms with Crippen molar-refractivity contribution >= 4 is 29.6 Å². The van der Waals surface area contributed by atoms with Crippen LogP contribution in [0.25, 0.3) is 11.8 Å². The number of ether oxygens (including phenoxy) is 2. The van der Waals surface area contributed by atoms with Gasteiger partial charge in [-0.1, -0.05) is 18.2 Å². The maximum atomic E-state index is 13.8. The number of anilines is 1. The minimum absolute atomic E-state index is 0.212. The van der Waals surface area contributed by atoms with Gasteiger partial charge in [-0.15, -0.1) is 0 Å². The Labute approximate surface area is 223 Å². The molecule has 0 aliphatic carbocycles. The first-order chi connectivity index (χ1) is 18.1. The SMILES string of the molecule is CCOC(=O)c1ccc(N2C(=O)/C(=C\c3cc(C)n(-c4c(C)cccc4C)c3C)C(C(=O)OC)=C2C)cc1. The Morgan fingerprint density at radius 1 is 0.921 bits per heavy atom. The van der Waals surface area contributed by atoms with Gasteiger partial charge in [-0.25, -0.2) is 9.59 Å². The van der Waals surface area contributed by atoms with Gasteiger partial charge in [0.25, 0.3) is 5.91 Å². The fourth-order valence-corrected chi connectivity index (χ4v) is 5.04. The highest BCUT2D eigenvalue weighted by Gasteiger charge is 2.38. The standard InChI is InChI=1S/C31H32N2O5/c1-8-38-30(35)23-12-14-25(15-13-23)33-22(6)27(31(36)37-7)26(29(33)34)17-24-16-20(4)32(21(24)5)28-18(2)10-9-11-19(28)3/h9-17H,8H2,1-7H3/b26-17-. The van der Waals surface area contributed by atoms with E-state index in [0.717, 1.165) is 33.8 Å². The number of rotatable bonds is 6. The second kappa shape index (κ2) is 10.5. The van der Waals surface area contributed by atoms with E-state index in [1.54, 1.807) is 44.2 Å². The monoisotopic (exact) mass is 512 g/mol. The van der Waals surface area contributed by atoms with Crippen LogP contribution >= 0.6 is 0 Å². The van der Waals surface area contributed by atoms with Crippen LogP contribution < -0.4 is 4.90 Å². The molecule has 0 fully saturated rings. The third-order valence-electron chi connectivity index (χ3n) is 6.86. The van der Waals surface area contributed by atoms with Gasteiger partial charge < -0.3 is 14.0 Å². The first-order valence-electron chi connectivity index (χ1n) is 12.5. The molecule has 0 spiro atoms. The lowest BCUT2D eigenvalue weighted by Crippen LogP contribution is -2.24. The van der Waals surface area contributed by atoms with Crippen molar-refractivity contribution in [3.8, 4) is 5.69 Å². The van der Waals surface area contributed by atoms with Crippen molar-refractivity contribution in [1.82, 2.24) is 4.57 Å². The molecule has 1 aliphatic rings. The predicted octanol–water partition coefficient (Wildman–Crippen LogP) is 5.76. The molecule has 2 heterocycles. The quantitative estimate of drug-likeness (QED) is 0.310. The molecule has 1 aromatic heterocycles. The van der Waals surface area contributed by atoms with Crippen LogP contribution in [-0.2, 0) is 19.1 Å². The number of carbonyl (C=O) groups excluding carboxylic acids is 3. The molecule has 0 atom stereocenters. The van der Waals surface area contributed by atoms with Crippen LogP contribution in [0.1, 0.15) is 52.3 Å². The number of esters is 2. The third-order valence-corrected chi connectivity index (χ3v) is 6.86. The molecular weight excluding hydrogens is 480 g/mol. The Hall–Kier alpha value is -4.39. The summed E-state index contributed by atoms with van der Waals surface area (Å²) in [6.45, 7) is 11.9. The molecule has 7 nitrogen and oxygen atoms in total. The maximum Gasteiger partial charge on any atom is 0.340 e. The van der Waals surface area contributed by atoms with E-state index in [2.05, 4.69) is 30.5 Å². The number of allylic oxidation sites excluding steroid dienone is 1. The van der Waals surface area contributed by atoms with Crippen LogP contribution in [0, 0.1) is 27.7 Å². The number of aryl methyl sites for hydroxylation is 3. The number of benzene rings is 2. The number of aromatic nitrogens is 1. The normalized spacial score (nSPS) is 14.4. The molecule has 1 amide bonds. The van der Waals surface area contributed by atoms with Crippen LogP contribution in [0.15, 0.2) is 65.4 Å². The number of carbonyl (C=O) groups is 3. The maximum absolute atomic E-state index is 13.8. The van der Waals surface area contributed by atoms with Gasteiger partial charge in [0.2, 0.25) is 0 Å². The summed E-state index contributed by atoms with van der Waals surface area (Å²) >= 11 is 0. The van der Waals surface area contributed by atoms with Crippen LogP contribution in [0.2, 0.25) is 0 Å². The lowest BCUT2D eigenvalue weighted by atomic mass is 10.0. The average Bonchev–Trinajstić information content (AvgIpc) is 3.30. The van der Waals surface area contributed by atoms with E-state index in [1.807, 2.05) is 26.0 Å². The minimum Gasteiger partial charge on any atom is -0.465 e.